The zero-order chi connectivity index (χ0) is 14.8. The molecule has 0 spiro atoms. The van der Waals surface area contributed by atoms with Crippen molar-refractivity contribution in [2.75, 3.05) is 31.1 Å². The maximum absolute atomic E-state index is 2.55. The normalized spacial score (nSPS) is 16.4. The molecular formula is C18H25N3. The van der Waals surface area contributed by atoms with Gasteiger partial charge in [-0.25, -0.2) is 0 Å². The number of nitrogens with zero attached hydrogens (tertiary/aromatic N) is 3. The Morgan fingerprint density at radius 3 is 2.43 bits per heavy atom. The van der Waals surface area contributed by atoms with Crippen LogP contribution in [0.5, 0.6) is 0 Å². The van der Waals surface area contributed by atoms with Crippen LogP contribution >= 0.6 is 0 Å². The quantitative estimate of drug-likeness (QED) is 0.858. The van der Waals surface area contributed by atoms with E-state index in [-0.39, 0.29) is 0 Å². The lowest BCUT2D eigenvalue weighted by Crippen LogP contribution is -2.46. The molecule has 2 heterocycles. The first-order valence-electron chi connectivity index (χ1n) is 7.78. The van der Waals surface area contributed by atoms with E-state index in [2.05, 4.69) is 71.8 Å². The summed E-state index contributed by atoms with van der Waals surface area (Å²) < 4.78 is 2.22. The Kier molecular flexibility index (Phi) is 4.02. The third-order valence-corrected chi connectivity index (χ3v) is 4.51. The monoisotopic (exact) mass is 283 g/mol. The smallest absolute Gasteiger partial charge is 0.0399 e. The Morgan fingerprint density at radius 1 is 1.00 bits per heavy atom. The van der Waals surface area contributed by atoms with Crippen molar-refractivity contribution in [1.29, 1.82) is 0 Å². The highest BCUT2D eigenvalue weighted by atomic mass is 15.3. The second kappa shape index (κ2) is 5.94. The first-order valence-corrected chi connectivity index (χ1v) is 7.78. The Morgan fingerprint density at radius 2 is 1.76 bits per heavy atom. The molecule has 0 aliphatic carbocycles. The molecule has 0 atom stereocenters. The molecule has 0 N–H and O–H groups in total. The van der Waals surface area contributed by atoms with Crippen LogP contribution in [0, 0.1) is 13.8 Å². The molecule has 3 heteroatoms. The van der Waals surface area contributed by atoms with Gasteiger partial charge >= 0.3 is 0 Å². The van der Waals surface area contributed by atoms with Gasteiger partial charge in [-0.1, -0.05) is 12.1 Å². The standard InChI is InChI=1S/C18H25N3/c1-15-6-7-16(2)18(13-15)21-11-9-20(10-12-21)14-17-5-4-8-19(17)3/h4-8,13H,9-12,14H2,1-3H3. The van der Waals surface area contributed by atoms with Gasteiger partial charge in [0.25, 0.3) is 0 Å². The van der Waals surface area contributed by atoms with E-state index in [9.17, 15) is 0 Å². The van der Waals surface area contributed by atoms with Gasteiger partial charge in [0.2, 0.25) is 0 Å². The van der Waals surface area contributed by atoms with E-state index >= 15 is 0 Å². The van der Waals surface area contributed by atoms with Crippen LogP contribution in [0.2, 0.25) is 0 Å². The third kappa shape index (κ3) is 3.13. The minimum atomic E-state index is 1.06. The van der Waals surface area contributed by atoms with Crippen molar-refractivity contribution in [3.63, 3.8) is 0 Å². The maximum atomic E-state index is 2.55. The number of hydrogen-bond donors (Lipinski definition) is 0. The van der Waals surface area contributed by atoms with E-state index in [0.717, 1.165) is 32.7 Å². The van der Waals surface area contributed by atoms with Gasteiger partial charge in [-0.05, 0) is 43.2 Å². The molecular weight excluding hydrogens is 258 g/mol. The number of aromatic nitrogens is 1. The number of hydrogen-bond acceptors (Lipinski definition) is 2. The molecule has 0 amide bonds. The third-order valence-electron chi connectivity index (χ3n) is 4.51. The predicted molar refractivity (Wildman–Crippen MR) is 88.8 cm³/mol. The summed E-state index contributed by atoms with van der Waals surface area (Å²) in [5.74, 6) is 0. The van der Waals surface area contributed by atoms with Crippen molar-refractivity contribution in [2.24, 2.45) is 7.05 Å². The Hall–Kier alpha value is -1.74. The lowest BCUT2D eigenvalue weighted by atomic mass is 10.1. The molecule has 112 valence electrons. The van der Waals surface area contributed by atoms with Crippen molar-refractivity contribution in [3.8, 4) is 0 Å². The predicted octanol–water partition coefficient (Wildman–Crippen LogP) is 2.96. The van der Waals surface area contributed by atoms with E-state index in [1.54, 1.807) is 0 Å². The lowest BCUT2D eigenvalue weighted by molar-refractivity contribution is 0.245. The molecule has 0 radical (unpaired) electrons. The van der Waals surface area contributed by atoms with Gasteiger partial charge in [0.1, 0.15) is 0 Å². The van der Waals surface area contributed by atoms with Crippen molar-refractivity contribution < 1.29 is 0 Å². The Balaban J connectivity index is 1.62. The summed E-state index contributed by atoms with van der Waals surface area (Å²) in [4.78, 5) is 5.08. The average Bonchev–Trinajstić information content (AvgIpc) is 2.88. The van der Waals surface area contributed by atoms with E-state index < -0.39 is 0 Å². The summed E-state index contributed by atoms with van der Waals surface area (Å²) in [6, 6.07) is 11.1. The summed E-state index contributed by atoms with van der Waals surface area (Å²) in [5.41, 5.74) is 5.54. The maximum Gasteiger partial charge on any atom is 0.0399 e. The van der Waals surface area contributed by atoms with Crippen LogP contribution in [0.25, 0.3) is 0 Å². The zero-order valence-electron chi connectivity index (χ0n) is 13.3. The number of anilines is 1. The largest absolute Gasteiger partial charge is 0.369 e. The summed E-state index contributed by atoms with van der Waals surface area (Å²) >= 11 is 0. The second-order valence-corrected chi connectivity index (χ2v) is 6.16. The molecule has 1 aromatic carbocycles. The molecule has 0 bridgehead atoms. The molecule has 0 unspecified atom stereocenters. The van der Waals surface area contributed by atoms with Crippen LogP contribution in [-0.2, 0) is 13.6 Å². The van der Waals surface area contributed by atoms with Crippen LogP contribution < -0.4 is 4.90 Å². The zero-order valence-corrected chi connectivity index (χ0v) is 13.3. The van der Waals surface area contributed by atoms with Gasteiger partial charge in [0.15, 0.2) is 0 Å². The summed E-state index contributed by atoms with van der Waals surface area (Å²) in [6.07, 6.45) is 2.13. The van der Waals surface area contributed by atoms with Gasteiger partial charge in [-0.3, -0.25) is 4.90 Å². The molecule has 3 nitrogen and oxygen atoms in total. The summed E-state index contributed by atoms with van der Waals surface area (Å²) in [6.45, 7) is 9.96. The van der Waals surface area contributed by atoms with E-state index in [1.807, 2.05) is 0 Å². The van der Waals surface area contributed by atoms with Crippen LogP contribution in [0.1, 0.15) is 16.8 Å². The molecule has 21 heavy (non-hydrogen) atoms. The fourth-order valence-corrected chi connectivity index (χ4v) is 3.10. The molecule has 1 aliphatic heterocycles. The van der Waals surface area contributed by atoms with Crippen LogP contribution in [0.3, 0.4) is 0 Å². The highest BCUT2D eigenvalue weighted by Crippen LogP contribution is 2.23. The Labute approximate surface area is 127 Å². The van der Waals surface area contributed by atoms with E-state index in [0.29, 0.717) is 0 Å². The number of benzene rings is 1. The topological polar surface area (TPSA) is 11.4 Å². The van der Waals surface area contributed by atoms with Crippen molar-refractivity contribution in [3.05, 3.63) is 53.3 Å². The molecule has 1 fully saturated rings. The summed E-state index contributed by atoms with van der Waals surface area (Å²) in [7, 11) is 2.13. The highest BCUT2D eigenvalue weighted by molar-refractivity contribution is 5.55. The van der Waals surface area contributed by atoms with Gasteiger partial charge in [-0.15, -0.1) is 0 Å². The van der Waals surface area contributed by atoms with E-state index in [4.69, 9.17) is 0 Å². The molecule has 0 saturated carbocycles. The molecule has 1 saturated heterocycles. The first kappa shape index (κ1) is 14.2. The van der Waals surface area contributed by atoms with Crippen LogP contribution in [0.4, 0.5) is 5.69 Å². The fraction of sp³-hybridized carbons (Fsp3) is 0.444. The SMILES string of the molecule is Cc1ccc(C)c(N2CCN(Cc3cccn3C)CC2)c1. The first-order chi connectivity index (χ1) is 10.1. The van der Waals surface area contributed by atoms with Gasteiger partial charge in [0, 0.05) is 57.3 Å². The van der Waals surface area contributed by atoms with Crippen LogP contribution in [0.15, 0.2) is 36.5 Å². The van der Waals surface area contributed by atoms with E-state index in [1.165, 1.54) is 22.5 Å². The molecule has 2 aromatic rings. The molecule has 1 aliphatic rings. The molecule has 3 rings (SSSR count). The Bertz CT molecular complexity index is 607. The van der Waals surface area contributed by atoms with Gasteiger partial charge < -0.3 is 9.47 Å². The van der Waals surface area contributed by atoms with Crippen LogP contribution in [-0.4, -0.2) is 35.6 Å². The summed E-state index contributed by atoms with van der Waals surface area (Å²) in [5, 5.41) is 0. The number of rotatable bonds is 3. The molecule has 1 aromatic heterocycles. The number of aryl methyl sites for hydroxylation is 3. The average molecular weight is 283 g/mol. The fourth-order valence-electron chi connectivity index (χ4n) is 3.10. The highest BCUT2D eigenvalue weighted by Gasteiger charge is 2.19. The minimum absolute atomic E-state index is 1.06. The minimum Gasteiger partial charge on any atom is -0.369 e. The van der Waals surface area contributed by atoms with Gasteiger partial charge in [0.05, 0.1) is 0 Å². The van der Waals surface area contributed by atoms with Crippen molar-refractivity contribution >= 4 is 5.69 Å². The van der Waals surface area contributed by atoms with Crippen molar-refractivity contribution in [2.45, 2.75) is 20.4 Å². The second-order valence-electron chi connectivity index (χ2n) is 6.16. The van der Waals surface area contributed by atoms with Crippen molar-refractivity contribution in [1.82, 2.24) is 9.47 Å². The van der Waals surface area contributed by atoms with Gasteiger partial charge in [-0.2, -0.15) is 0 Å². The lowest BCUT2D eigenvalue weighted by Gasteiger charge is -2.37. The number of piperazine rings is 1.